The Labute approximate surface area is 172 Å². The van der Waals surface area contributed by atoms with Gasteiger partial charge in [0.05, 0.1) is 19.3 Å². The molecule has 2 heterocycles. The number of aryl methyl sites for hydroxylation is 1. The standard InChI is InChI=1S/C23H30N4O2/c1-19(10-11-20-7-3-2-4-8-20)25-22(28)12-13-23(29)27-17-15-26(16-18-27)21-9-5-6-14-24-21/h2-9,14,19H,10-13,15-18H2,1H3,(H,25,28)/p+1/t19-/m1/s1. The lowest BCUT2D eigenvalue weighted by atomic mass is 10.1. The predicted octanol–water partition coefficient (Wildman–Crippen LogP) is 2.07. The number of hydrogen-bond donors (Lipinski definition) is 1. The second-order valence-electron chi connectivity index (χ2n) is 7.61. The van der Waals surface area contributed by atoms with E-state index in [1.54, 1.807) is 0 Å². The van der Waals surface area contributed by atoms with Crippen molar-refractivity contribution in [3.8, 4) is 0 Å². The van der Waals surface area contributed by atoms with Gasteiger partial charge >= 0.3 is 0 Å². The van der Waals surface area contributed by atoms with Gasteiger partial charge in [0.2, 0.25) is 11.8 Å². The van der Waals surface area contributed by atoms with E-state index in [0.29, 0.717) is 13.1 Å². The molecule has 1 aliphatic heterocycles. The van der Waals surface area contributed by atoms with Crippen molar-refractivity contribution in [3.05, 3.63) is 60.3 Å². The molecule has 1 aromatic carbocycles. The minimum absolute atomic E-state index is 0.0450. The SMILES string of the molecule is C[C@H](CCc1ccccc1)NC(=O)CCC(=O)N1CCN(c2cccc[nH+]2)CC1. The zero-order valence-electron chi connectivity index (χ0n) is 17.1. The topological polar surface area (TPSA) is 66.8 Å². The lowest BCUT2D eigenvalue weighted by Crippen LogP contribution is -2.50. The van der Waals surface area contributed by atoms with E-state index in [1.165, 1.54) is 5.56 Å². The third-order valence-electron chi connectivity index (χ3n) is 5.35. The number of rotatable bonds is 8. The van der Waals surface area contributed by atoms with Gasteiger partial charge in [-0.25, -0.2) is 4.98 Å². The average Bonchev–Trinajstić information content (AvgIpc) is 2.77. The molecule has 0 aliphatic carbocycles. The number of amides is 2. The number of pyridine rings is 1. The number of benzene rings is 1. The normalized spacial score (nSPS) is 15.1. The van der Waals surface area contributed by atoms with Crippen LogP contribution < -0.4 is 15.2 Å². The minimum Gasteiger partial charge on any atom is -0.354 e. The Morgan fingerprint density at radius 1 is 1.00 bits per heavy atom. The number of anilines is 1. The van der Waals surface area contributed by atoms with Gasteiger partial charge in [-0.3, -0.25) is 14.5 Å². The van der Waals surface area contributed by atoms with Gasteiger partial charge in [0.25, 0.3) is 5.82 Å². The van der Waals surface area contributed by atoms with Gasteiger partial charge in [-0.2, -0.15) is 0 Å². The van der Waals surface area contributed by atoms with Crippen molar-refractivity contribution in [1.29, 1.82) is 0 Å². The fourth-order valence-corrected chi connectivity index (χ4v) is 3.60. The van der Waals surface area contributed by atoms with E-state index in [-0.39, 0.29) is 30.7 Å². The molecule has 1 aromatic heterocycles. The Hall–Kier alpha value is -2.89. The fourth-order valence-electron chi connectivity index (χ4n) is 3.60. The van der Waals surface area contributed by atoms with Gasteiger partial charge in [-0.1, -0.05) is 36.4 Å². The maximum Gasteiger partial charge on any atom is 0.274 e. The van der Waals surface area contributed by atoms with Crippen molar-refractivity contribution < 1.29 is 14.6 Å². The quantitative estimate of drug-likeness (QED) is 0.744. The number of carbonyl (C=O) groups excluding carboxylic acids is 2. The van der Waals surface area contributed by atoms with Crippen LogP contribution in [0.15, 0.2) is 54.7 Å². The molecule has 6 heteroatoms. The summed E-state index contributed by atoms with van der Waals surface area (Å²) >= 11 is 0. The number of aromatic amines is 1. The number of hydrogen-bond acceptors (Lipinski definition) is 3. The molecule has 1 atom stereocenters. The first-order valence-corrected chi connectivity index (χ1v) is 10.4. The smallest absolute Gasteiger partial charge is 0.274 e. The molecule has 6 nitrogen and oxygen atoms in total. The first kappa shape index (κ1) is 20.8. The zero-order chi connectivity index (χ0) is 20.5. The molecule has 1 fully saturated rings. The summed E-state index contributed by atoms with van der Waals surface area (Å²) in [5.41, 5.74) is 1.27. The molecular formula is C23H31N4O2+. The molecule has 2 amide bonds. The van der Waals surface area contributed by atoms with E-state index in [0.717, 1.165) is 31.7 Å². The lowest BCUT2D eigenvalue weighted by Gasteiger charge is -2.31. The van der Waals surface area contributed by atoms with Gasteiger partial charge in [0.15, 0.2) is 0 Å². The molecule has 0 unspecified atom stereocenters. The first-order valence-electron chi connectivity index (χ1n) is 10.4. The molecule has 2 N–H and O–H groups in total. The third kappa shape index (κ3) is 6.59. The molecular weight excluding hydrogens is 364 g/mol. The van der Waals surface area contributed by atoms with Gasteiger partial charge in [0, 0.05) is 24.9 Å². The van der Waals surface area contributed by atoms with Crippen molar-refractivity contribution >= 4 is 17.6 Å². The Morgan fingerprint density at radius 2 is 1.72 bits per heavy atom. The van der Waals surface area contributed by atoms with Crippen molar-refractivity contribution in [2.24, 2.45) is 0 Å². The summed E-state index contributed by atoms with van der Waals surface area (Å²) in [6, 6.07) is 16.4. The summed E-state index contributed by atoms with van der Waals surface area (Å²) < 4.78 is 0. The molecule has 0 radical (unpaired) electrons. The Bertz CT molecular complexity index is 774. The first-order chi connectivity index (χ1) is 14.1. The van der Waals surface area contributed by atoms with Crippen molar-refractivity contribution in [2.45, 2.75) is 38.6 Å². The molecule has 0 bridgehead atoms. The van der Waals surface area contributed by atoms with Gasteiger partial charge in [-0.15, -0.1) is 0 Å². The molecule has 3 rings (SSSR count). The molecule has 29 heavy (non-hydrogen) atoms. The van der Waals surface area contributed by atoms with Crippen LogP contribution in [-0.2, 0) is 16.0 Å². The van der Waals surface area contributed by atoms with Crippen molar-refractivity contribution in [2.75, 3.05) is 31.1 Å². The summed E-state index contributed by atoms with van der Waals surface area (Å²) in [6.45, 7) is 5.00. The maximum absolute atomic E-state index is 12.5. The second kappa shape index (κ2) is 10.6. The van der Waals surface area contributed by atoms with Crippen LogP contribution in [0.2, 0.25) is 0 Å². The predicted molar refractivity (Wildman–Crippen MR) is 113 cm³/mol. The van der Waals surface area contributed by atoms with Crippen LogP contribution in [0, 0.1) is 0 Å². The van der Waals surface area contributed by atoms with E-state index in [9.17, 15) is 9.59 Å². The monoisotopic (exact) mass is 395 g/mol. The number of piperazine rings is 1. The molecule has 1 aliphatic rings. The van der Waals surface area contributed by atoms with Crippen molar-refractivity contribution in [1.82, 2.24) is 10.2 Å². The lowest BCUT2D eigenvalue weighted by molar-refractivity contribution is -0.364. The summed E-state index contributed by atoms with van der Waals surface area (Å²) in [5, 5.41) is 3.01. The molecule has 154 valence electrons. The van der Waals surface area contributed by atoms with Crippen LogP contribution in [0.3, 0.4) is 0 Å². The molecule has 2 aromatic rings. The Kier molecular flexibility index (Phi) is 7.61. The fraction of sp³-hybridized carbons (Fsp3) is 0.435. The van der Waals surface area contributed by atoms with Crippen LogP contribution in [0.25, 0.3) is 0 Å². The third-order valence-corrected chi connectivity index (χ3v) is 5.35. The van der Waals surface area contributed by atoms with Crippen LogP contribution in [-0.4, -0.2) is 48.9 Å². The summed E-state index contributed by atoms with van der Waals surface area (Å²) in [4.78, 5) is 32.0. The van der Waals surface area contributed by atoms with Crippen LogP contribution in [0.1, 0.15) is 31.7 Å². The van der Waals surface area contributed by atoms with Gasteiger partial charge in [0.1, 0.15) is 13.1 Å². The summed E-state index contributed by atoms with van der Waals surface area (Å²) in [7, 11) is 0. The van der Waals surface area contributed by atoms with E-state index in [4.69, 9.17) is 0 Å². The van der Waals surface area contributed by atoms with Gasteiger partial charge < -0.3 is 10.2 Å². The summed E-state index contributed by atoms with van der Waals surface area (Å²) in [6.07, 6.45) is 4.26. The Balaban J connectivity index is 1.33. The highest BCUT2D eigenvalue weighted by atomic mass is 16.2. The van der Waals surface area contributed by atoms with Crippen LogP contribution >= 0.6 is 0 Å². The van der Waals surface area contributed by atoms with E-state index in [2.05, 4.69) is 27.3 Å². The van der Waals surface area contributed by atoms with Gasteiger partial charge in [-0.05, 0) is 31.4 Å². The highest BCUT2D eigenvalue weighted by molar-refractivity contribution is 5.84. The minimum atomic E-state index is -0.0450. The van der Waals surface area contributed by atoms with Crippen molar-refractivity contribution in [3.63, 3.8) is 0 Å². The molecule has 0 saturated carbocycles. The van der Waals surface area contributed by atoms with E-state index < -0.39 is 0 Å². The van der Waals surface area contributed by atoms with E-state index >= 15 is 0 Å². The number of aromatic nitrogens is 1. The van der Waals surface area contributed by atoms with Crippen LogP contribution in [0.4, 0.5) is 5.82 Å². The number of H-pyrrole nitrogens is 1. The molecule has 0 spiro atoms. The maximum atomic E-state index is 12.5. The number of nitrogens with zero attached hydrogens (tertiary/aromatic N) is 2. The largest absolute Gasteiger partial charge is 0.354 e. The number of nitrogens with one attached hydrogen (secondary N) is 2. The van der Waals surface area contributed by atoms with Crippen LogP contribution in [0.5, 0.6) is 0 Å². The highest BCUT2D eigenvalue weighted by Crippen LogP contribution is 2.11. The second-order valence-corrected chi connectivity index (χ2v) is 7.61. The Morgan fingerprint density at radius 3 is 2.41 bits per heavy atom. The zero-order valence-corrected chi connectivity index (χ0v) is 17.1. The summed E-state index contributed by atoms with van der Waals surface area (Å²) in [5.74, 6) is 1.09. The highest BCUT2D eigenvalue weighted by Gasteiger charge is 2.26. The molecule has 1 saturated heterocycles. The average molecular weight is 396 g/mol. The van der Waals surface area contributed by atoms with E-state index in [1.807, 2.05) is 54.4 Å². The number of carbonyl (C=O) groups is 2.